The Balaban J connectivity index is 2.13. The maximum absolute atomic E-state index is 6.17. The van der Waals surface area contributed by atoms with E-state index in [1.807, 2.05) is 12.1 Å². The lowest BCUT2D eigenvalue weighted by Crippen LogP contribution is -2.36. The first kappa shape index (κ1) is 15.6. The summed E-state index contributed by atoms with van der Waals surface area (Å²) in [6, 6.07) is 3.67. The molecule has 2 N–H and O–H groups in total. The van der Waals surface area contributed by atoms with Crippen LogP contribution >= 0.6 is 11.6 Å². The molecule has 1 aliphatic carbocycles. The molecule has 0 spiro atoms. The Morgan fingerprint density at radius 3 is 2.80 bits per heavy atom. The Morgan fingerprint density at radius 1 is 1.40 bits per heavy atom. The van der Waals surface area contributed by atoms with Crippen molar-refractivity contribution < 1.29 is 4.74 Å². The van der Waals surface area contributed by atoms with Crippen LogP contribution in [0.1, 0.15) is 45.7 Å². The van der Waals surface area contributed by atoms with Crippen molar-refractivity contribution in [1.82, 2.24) is 4.98 Å². The van der Waals surface area contributed by atoms with E-state index in [0.717, 1.165) is 12.3 Å². The molecular weight excluding hydrogens is 272 g/mol. The molecule has 3 nitrogen and oxygen atoms in total. The molecule has 3 atom stereocenters. The van der Waals surface area contributed by atoms with Gasteiger partial charge < -0.3 is 10.5 Å². The fraction of sp³-hybridized carbons (Fsp3) is 0.688. The highest BCUT2D eigenvalue weighted by atomic mass is 35.5. The topological polar surface area (TPSA) is 48.1 Å². The van der Waals surface area contributed by atoms with Gasteiger partial charge >= 0.3 is 0 Å². The molecule has 4 heteroatoms. The predicted molar refractivity (Wildman–Crippen MR) is 82.9 cm³/mol. The number of pyridine rings is 1. The van der Waals surface area contributed by atoms with E-state index < -0.39 is 0 Å². The molecule has 0 radical (unpaired) electrons. The zero-order valence-corrected chi connectivity index (χ0v) is 13.4. The first-order valence-electron chi connectivity index (χ1n) is 7.53. The quantitative estimate of drug-likeness (QED) is 0.912. The molecule has 0 saturated heterocycles. The number of hydrogen-bond donors (Lipinski definition) is 1. The summed E-state index contributed by atoms with van der Waals surface area (Å²) in [6.07, 6.45) is 3.88. The van der Waals surface area contributed by atoms with Crippen molar-refractivity contribution in [2.75, 3.05) is 0 Å². The van der Waals surface area contributed by atoms with Crippen LogP contribution in [-0.2, 0) is 6.54 Å². The van der Waals surface area contributed by atoms with Gasteiger partial charge in [-0.15, -0.1) is 0 Å². The van der Waals surface area contributed by atoms with Gasteiger partial charge in [-0.05, 0) is 36.7 Å². The fourth-order valence-electron chi connectivity index (χ4n) is 3.08. The van der Waals surface area contributed by atoms with Gasteiger partial charge in [-0.25, -0.2) is 4.98 Å². The maximum atomic E-state index is 6.17. The molecule has 1 heterocycles. The van der Waals surface area contributed by atoms with Gasteiger partial charge in [0.1, 0.15) is 6.10 Å². The Bertz CT molecular complexity index is 450. The smallest absolute Gasteiger partial charge is 0.213 e. The zero-order valence-electron chi connectivity index (χ0n) is 12.6. The summed E-state index contributed by atoms with van der Waals surface area (Å²) in [7, 11) is 0. The number of nitrogens with two attached hydrogens (primary N) is 1. The zero-order chi connectivity index (χ0) is 14.7. The van der Waals surface area contributed by atoms with Gasteiger partial charge in [-0.3, -0.25) is 0 Å². The van der Waals surface area contributed by atoms with Crippen LogP contribution in [-0.4, -0.2) is 11.1 Å². The van der Waals surface area contributed by atoms with Crippen LogP contribution in [0.5, 0.6) is 5.88 Å². The first-order chi connectivity index (χ1) is 9.51. The van der Waals surface area contributed by atoms with Crippen LogP contribution < -0.4 is 10.5 Å². The Labute approximate surface area is 126 Å². The van der Waals surface area contributed by atoms with Gasteiger partial charge in [0, 0.05) is 12.6 Å². The number of nitrogens with zero attached hydrogens (tertiary/aromatic N) is 1. The van der Waals surface area contributed by atoms with Crippen LogP contribution in [0, 0.1) is 17.8 Å². The van der Waals surface area contributed by atoms with E-state index in [9.17, 15) is 0 Å². The minimum atomic E-state index is 0.248. The van der Waals surface area contributed by atoms with Crippen LogP contribution in [0.3, 0.4) is 0 Å². The van der Waals surface area contributed by atoms with E-state index >= 15 is 0 Å². The summed E-state index contributed by atoms with van der Waals surface area (Å²) in [4.78, 5) is 4.42. The molecule has 1 aromatic heterocycles. The van der Waals surface area contributed by atoms with Gasteiger partial charge in [-0.1, -0.05) is 38.8 Å². The van der Waals surface area contributed by atoms with Crippen molar-refractivity contribution in [2.24, 2.45) is 23.5 Å². The van der Waals surface area contributed by atoms with Crippen molar-refractivity contribution in [3.63, 3.8) is 0 Å². The summed E-state index contributed by atoms with van der Waals surface area (Å²) in [5, 5.41) is 0.609. The molecule has 2 rings (SSSR count). The highest BCUT2D eigenvalue weighted by Gasteiger charge is 2.32. The van der Waals surface area contributed by atoms with E-state index in [-0.39, 0.29) is 6.10 Å². The van der Waals surface area contributed by atoms with Gasteiger partial charge in [0.25, 0.3) is 0 Å². The monoisotopic (exact) mass is 296 g/mol. The second-order valence-corrected chi connectivity index (χ2v) is 6.67. The van der Waals surface area contributed by atoms with E-state index in [2.05, 4.69) is 25.8 Å². The second-order valence-electron chi connectivity index (χ2n) is 6.26. The summed E-state index contributed by atoms with van der Waals surface area (Å²) in [5.41, 5.74) is 6.35. The number of ether oxygens (including phenoxy) is 1. The molecule has 112 valence electrons. The fourth-order valence-corrected chi connectivity index (χ4v) is 3.26. The van der Waals surface area contributed by atoms with Gasteiger partial charge in [0.15, 0.2) is 0 Å². The lowest BCUT2D eigenvalue weighted by atomic mass is 9.75. The normalized spacial score (nSPS) is 26.8. The number of halogens is 1. The molecule has 0 aromatic carbocycles. The third kappa shape index (κ3) is 3.64. The predicted octanol–water partition coefficient (Wildman–Crippen LogP) is 4.03. The highest BCUT2D eigenvalue weighted by molar-refractivity contribution is 6.31. The number of aromatic nitrogens is 1. The number of hydrogen-bond acceptors (Lipinski definition) is 3. The van der Waals surface area contributed by atoms with Crippen LogP contribution in [0.25, 0.3) is 0 Å². The molecule has 0 aliphatic heterocycles. The van der Waals surface area contributed by atoms with E-state index in [0.29, 0.717) is 35.0 Å². The molecule has 1 saturated carbocycles. The molecule has 1 aromatic rings. The van der Waals surface area contributed by atoms with Crippen LogP contribution in [0.4, 0.5) is 0 Å². The summed E-state index contributed by atoms with van der Waals surface area (Å²) >= 11 is 6.04. The van der Waals surface area contributed by atoms with E-state index in [1.54, 1.807) is 0 Å². The minimum Gasteiger partial charge on any atom is -0.474 e. The first-order valence-corrected chi connectivity index (χ1v) is 7.91. The third-order valence-electron chi connectivity index (χ3n) is 4.32. The molecule has 3 unspecified atom stereocenters. The molecule has 1 aliphatic rings. The largest absolute Gasteiger partial charge is 0.474 e. The molecule has 0 amide bonds. The summed E-state index contributed by atoms with van der Waals surface area (Å²) in [5.74, 6) is 2.61. The van der Waals surface area contributed by atoms with Crippen LogP contribution in [0.2, 0.25) is 5.02 Å². The van der Waals surface area contributed by atoms with Gasteiger partial charge in [-0.2, -0.15) is 0 Å². The summed E-state index contributed by atoms with van der Waals surface area (Å²) in [6.45, 7) is 7.19. The average molecular weight is 297 g/mol. The Kier molecular flexibility index (Phi) is 5.28. The van der Waals surface area contributed by atoms with Crippen molar-refractivity contribution in [3.8, 4) is 5.88 Å². The molecule has 20 heavy (non-hydrogen) atoms. The van der Waals surface area contributed by atoms with Gasteiger partial charge in [0.2, 0.25) is 5.88 Å². The molecule has 1 fully saturated rings. The van der Waals surface area contributed by atoms with Crippen molar-refractivity contribution in [3.05, 3.63) is 22.8 Å². The molecular formula is C16H25ClN2O. The van der Waals surface area contributed by atoms with Crippen molar-refractivity contribution in [1.29, 1.82) is 0 Å². The third-order valence-corrected chi connectivity index (χ3v) is 4.66. The Hall–Kier alpha value is -0.800. The molecule has 0 bridgehead atoms. The van der Waals surface area contributed by atoms with Crippen molar-refractivity contribution in [2.45, 2.75) is 52.7 Å². The lowest BCUT2D eigenvalue weighted by molar-refractivity contribution is 0.0425. The van der Waals surface area contributed by atoms with E-state index in [4.69, 9.17) is 22.1 Å². The average Bonchev–Trinajstić information content (AvgIpc) is 2.40. The minimum absolute atomic E-state index is 0.248. The highest BCUT2D eigenvalue weighted by Crippen LogP contribution is 2.35. The number of rotatable bonds is 4. The standard InChI is InChI=1S/C16H25ClN2O/c1-10(2)12-5-4-11(3)8-15(12)20-16-7-6-13(17)14(9-18)19-16/h6-7,10-12,15H,4-5,8-9,18H2,1-3H3. The Morgan fingerprint density at radius 2 is 2.15 bits per heavy atom. The SMILES string of the molecule is CC1CCC(C(C)C)C(Oc2ccc(Cl)c(CN)n2)C1. The van der Waals surface area contributed by atoms with Gasteiger partial charge in [0.05, 0.1) is 10.7 Å². The maximum Gasteiger partial charge on any atom is 0.213 e. The van der Waals surface area contributed by atoms with E-state index in [1.165, 1.54) is 12.8 Å². The lowest BCUT2D eigenvalue weighted by Gasteiger charge is -2.37. The summed E-state index contributed by atoms with van der Waals surface area (Å²) < 4.78 is 6.17. The van der Waals surface area contributed by atoms with Crippen molar-refractivity contribution >= 4 is 11.6 Å². The second kappa shape index (κ2) is 6.77. The van der Waals surface area contributed by atoms with Crippen LogP contribution in [0.15, 0.2) is 12.1 Å².